The Morgan fingerprint density at radius 2 is 1.73 bits per heavy atom. The number of piperidine rings is 1. The Kier molecular flexibility index (Phi) is 11.8. The Bertz CT molecular complexity index is 1250. The first kappa shape index (κ1) is 31.9. The van der Waals surface area contributed by atoms with E-state index in [1.54, 1.807) is 0 Å². The summed E-state index contributed by atoms with van der Waals surface area (Å²) in [6.07, 6.45) is 1.47. The van der Waals surface area contributed by atoms with Gasteiger partial charge in [0.1, 0.15) is 0 Å². The Hall–Kier alpha value is -2.65. The highest BCUT2D eigenvalue weighted by Gasteiger charge is 2.36. The second kappa shape index (κ2) is 14.8. The van der Waals surface area contributed by atoms with Crippen LogP contribution in [0.4, 0.5) is 0 Å². The average molecular weight is 591 g/mol. The van der Waals surface area contributed by atoms with Crippen molar-refractivity contribution in [2.75, 3.05) is 45.9 Å². The van der Waals surface area contributed by atoms with Gasteiger partial charge in [0, 0.05) is 45.3 Å². The van der Waals surface area contributed by atoms with Crippen LogP contribution < -0.4 is 5.32 Å². The maximum Gasteiger partial charge on any atom is 0.290 e. The van der Waals surface area contributed by atoms with Crippen molar-refractivity contribution in [1.29, 1.82) is 0 Å². The summed E-state index contributed by atoms with van der Waals surface area (Å²) in [5, 5.41) is 3.45. The standard InChI is InChI=1S/C30H39N5O3.2ClH/c1-22(2)21-35(25-18-24(19-31-20-25)29(36)33-14-16-38-17-15-33)30(37)28-32-26-10-6-7-11-27(26)34(28)13-12-23-8-4-3-5-9-23;;/h3-11,22,24-25,31H,12-21H2,1-2H3;2*1H/t24-,25+;;/m1../s1. The molecule has 2 aromatic carbocycles. The van der Waals surface area contributed by atoms with Gasteiger partial charge in [-0.05, 0) is 36.5 Å². The number of hydrogen-bond donors (Lipinski definition) is 1. The summed E-state index contributed by atoms with van der Waals surface area (Å²) >= 11 is 0. The predicted octanol–water partition coefficient (Wildman–Crippen LogP) is 4.06. The molecule has 0 unspecified atom stereocenters. The zero-order valence-electron chi connectivity index (χ0n) is 23.3. The van der Waals surface area contributed by atoms with E-state index in [0.717, 1.165) is 17.5 Å². The van der Waals surface area contributed by atoms with Crippen molar-refractivity contribution in [2.24, 2.45) is 11.8 Å². The number of para-hydroxylation sites is 2. The van der Waals surface area contributed by atoms with Gasteiger partial charge in [0.25, 0.3) is 5.91 Å². The third-order valence-corrected chi connectivity index (χ3v) is 7.58. The fraction of sp³-hybridized carbons (Fsp3) is 0.500. The summed E-state index contributed by atoms with van der Waals surface area (Å²) in [5.74, 6) is 0.721. The van der Waals surface area contributed by atoms with Crippen molar-refractivity contribution in [3.63, 3.8) is 0 Å². The molecule has 10 heteroatoms. The van der Waals surface area contributed by atoms with E-state index in [4.69, 9.17) is 9.72 Å². The smallest absolute Gasteiger partial charge is 0.290 e. The number of rotatable bonds is 8. The lowest BCUT2D eigenvalue weighted by molar-refractivity contribution is -0.140. The molecule has 2 aliphatic rings. The number of carbonyl (C=O) groups is 2. The van der Waals surface area contributed by atoms with Crippen LogP contribution in [0.1, 0.15) is 36.5 Å². The lowest BCUT2D eigenvalue weighted by Crippen LogP contribution is -2.56. The van der Waals surface area contributed by atoms with Crippen LogP contribution in [0.25, 0.3) is 11.0 Å². The maximum absolute atomic E-state index is 14.3. The van der Waals surface area contributed by atoms with Crippen LogP contribution in [-0.2, 0) is 22.5 Å². The van der Waals surface area contributed by atoms with Gasteiger partial charge in [0.2, 0.25) is 5.91 Å². The van der Waals surface area contributed by atoms with E-state index in [-0.39, 0.29) is 54.5 Å². The van der Waals surface area contributed by atoms with Crippen LogP contribution in [0.3, 0.4) is 0 Å². The molecular formula is C30H41Cl2N5O3. The van der Waals surface area contributed by atoms with Crippen LogP contribution >= 0.6 is 24.8 Å². The van der Waals surface area contributed by atoms with E-state index in [2.05, 4.69) is 35.9 Å². The summed E-state index contributed by atoms with van der Waals surface area (Å²) in [6, 6.07) is 18.2. The van der Waals surface area contributed by atoms with Gasteiger partial charge in [0.05, 0.1) is 30.2 Å². The maximum atomic E-state index is 14.3. The Morgan fingerprint density at radius 1 is 1.02 bits per heavy atom. The summed E-state index contributed by atoms with van der Waals surface area (Å²) in [4.78, 5) is 36.3. The molecule has 1 aromatic heterocycles. The average Bonchev–Trinajstić information content (AvgIpc) is 3.33. The van der Waals surface area contributed by atoms with Gasteiger partial charge in [-0.1, -0.05) is 56.3 Å². The largest absolute Gasteiger partial charge is 0.378 e. The number of benzene rings is 2. The second-order valence-corrected chi connectivity index (χ2v) is 10.8. The number of hydrogen-bond acceptors (Lipinski definition) is 5. The highest BCUT2D eigenvalue weighted by Crippen LogP contribution is 2.24. The van der Waals surface area contributed by atoms with Crippen LogP contribution in [-0.4, -0.2) is 83.1 Å². The van der Waals surface area contributed by atoms with Gasteiger partial charge in [0.15, 0.2) is 5.82 Å². The summed E-state index contributed by atoms with van der Waals surface area (Å²) in [7, 11) is 0. The number of nitrogens with one attached hydrogen (secondary N) is 1. The van der Waals surface area contributed by atoms with E-state index in [1.165, 1.54) is 5.56 Å². The number of halogens is 2. The zero-order chi connectivity index (χ0) is 26.5. The topological polar surface area (TPSA) is 79.7 Å². The Balaban J connectivity index is 0.00000220. The molecule has 8 nitrogen and oxygen atoms in total. The third kappa shape index (κ3) is 7.35. The van der Waals surface area contributed by atoms with Crippen molar-refractivity contribution in [2.45, 2.75) is 39.3 Å². The summed E-state index contributed by atoms with van der Waals surface area (Å²) in [6.45, 7) is 9.32. The molecule has 0 saturated carbocycles. The number of fused-ring (bicyclic) bond motifs is 1. The van der Waals surface area contributed by atoms with Crippen LogP contribution in [0.2, 0.25) is 0 Å². The van der Waals surface area contributed by atoms with E-state index in [1.807, 2.05) is 52.3 Å². The van der Waals surface area contributed by atoms with E-state index >= 15 is 0 Å². The van der Waals surface area contributed by atoms with E-state index in [0.29, 0.717) is 64.7 Å². The van der Waals surface area contributed by atoms with Gasteiger partial charge < -0.3 is 24.4 Å². The van der Waals surface area contributed by atoms with Crippen LogP contribution in [0.5, 0.6) is 0 Å². The molecule has 2 saturated heterocycles. The van der Waals surface area contributed by atoms with Gasteiger partial charge in [-0.3, -0.25) is 9.59 Å². The summed E-state index contributed by atoms with van der Waals surface area (Å²) in [5.41, 5.74) is 3.03. The highest BCUT2D eigenvalue weighted by molar-refractivity contribution is 5.95. The molecule has 1 N–H and O–H groups in total. The fourth-order valence-electron chi connectivity index (χ4n) is 5.66. The molecule has 40 heavy (non-hydrogen) atoms. The molecular weight excluding hydrogens is 549 g/mol. The molecule has 2 fully saturated rings. The number of nitrogens with zero attached hydrogens (tertiary/aromatic N) is 4. The van der Waals surface area contributed by atoms with Crippen molar-refractivity contribution in [3.8, 4) is 0 Å². The van der Waals surface area contributed by atoms with E-state index < -0.39 is 0 Å². The molecule has 2 amide bonds. The summed E-state index contributed by atoms with van der Waals surface area (Å²) < 4.78 is 7.51. The van der Waals surface area contributed by atoms with Gasteiger partial charge in [-0.2, -0.15) is 0 Å². The van der Waals surface area contributed by atoms with Crippen molar-refractivity contribution in [1.82, 2.24) is 24.7 Å². The molecule has 0 aliphatic carbocycles. The van der Waals surface area contributed by atoms with Crippen LogP contribution in [0.15, 0.2) is 54.6 Å². The molecule has 2 aliphatic heterocycles. The minimum atomic E-state index is -0.147. The minimum Gasteiger partial charge on any atom is -0.378 e. The first-order valence-electron chi connectivity index (χ1n) is 13.9. The SMILES string of the molecule is CC(C)CN(C(=O)c1nc2ccccc2n1CCc1ccccc1)[C@@H]1CNC[C@H](C(=O)N2CCOCC2)C1.Cl.Cl. The Morgan fingerprint density at radius 3 is 2.45 bits per heavy atom. The number of ether oxygens (including phenoxy) is 1. The van der Waals surface area contributed by atoms with E-state index in [9.17, 15) is 9.59 Å². The number of morpholine rings is 1. The van der Waals surface area contributed by atoms with Gasteiger partial charge >= 0.3 is 0 Å². The Labute approximate surface area is 249 Å². The van der Waals surface area contributed by atoms with Crippen LogP contribution in [0, 0.1) is 11.8 Å². The lowest BCUT2D eigenvalue weighted by atomic mass is 9.92. The molecule has 0 bridgehead atoms. The predicted molar refractivity (Wildman–Crippen MR) is 162 cm³/mol. The highest BCUT2D eigenvalue weighted by atomic mass is 35.5. The lowest BCUT2D eigenvalue weighted by Gasteiger charge is -2.40. The fourth-order valence-corrected chi connectivity index (χ4v) is 5.66. The molecule has 5 rings (SSSR count). The van der Waals surface area contributed by atoms with Crippen molar-refractivity contribution in [3.05, 3.63) is 66.0 Å². The quantitative estimate of drug-likeness (QED) is 0.428. The molecule has 0 radical (unpaired) electrons. The molecule has 218 valence electrons. The normalized spacial score (nSPS) is 19.1. The number of carbonyl (C=O) groups excluding carboxylic acids is 2. The molecule has 2 atom stereocenters. The first-order valence-corrected chi connectivity index (χ1v) is 13.9. The second-order valence-electron chi connectivity index (χ2n) is 10.8. The van der Waals surface area contributed by atoms with Crippen molar-refractivity contribution < 1.29 is 14.3 Å². The zero-order valence-corrected chi connectivity index (χ0v) is 25.0. The number of aromatic nitrogens is 2. The first-order chi connectivity index (χ1) is 18.5. The van der Waals surface area contributed by atoms with Gasteiger partial charge in [-0.15, -0.1) is 24.8 Å². The minimum absolute atomic E-state index is 0. The number of imidazole rings is 1. The van der Waals surface area contributed by atoms with Gasteiger partial charge in [-0.25, -0.2) is 4.98 Å². The number of aryl methyl sites for hydroxylation is 2. The van der Waals surface area contributed by atoms with Crippen molar-refractivity contribution >= 4 is 47.7 Å². The molecule has 3 heterocycles. The number of amides is 2. The third-order valence-electron chi connectivity index (χ3n) is 7.58. The monoisotopic (exact) mass is 589 g/mol. The molecule has 3 aromatic rings. The molecule has 0 spiro atoms.